The van der Waals surface area contributed by atoms with Gasteiger partial charge in [-0.05, 0) is 43.3 Å². The third kappa shape index (κ3) is 9.01. The van der Waals surface area contributed by atoms with Crippen molar-refractivity contribution >= 4 is 11.8 Å². The van der Waals surface area contributed by atoms with E-state index in [1.807, 2.05) is 12.2 Å². The molecule has 0 radical (unpaired) electrons. The number of rotatable bonds is 13. The minimum atomic E-state index is -0.408. The standard InChI is InChI=1S/C21H34O4/c1-3-4-7-10-18(22)15-13-17-14-16-20(23)19(17)11-8-5-6-9-12-21(24)25-2/h13,15,18,22H,3-12,14,16H2,1-2H3/b15-13+/t18-/m0/s1. The number of Topliss-reactive ketones (excluding diaryl/α,β-unsaturated/α-hetero) is 1. The van der Waals surface area contributed by atoms with E-state index in [1.165, 1.54) is 7.11 Å². The summed E-state index contributed by atoms with van der Waals surface area (Å²) in [5, 5.41) is 9.99. The van der Waals surface area contributed by atoms with E-state index in [9.17, 15) is 14.7 Å². The van der Waals surface area contributed by atoms with Gasteiger partial charge in [0.15, 0.2) is 5.78 Å². The number of methoxy groups -OCH3 is 1. The van der Waals surface area contributed by atoms with Crippen molar-refractivity contribution in [1.82, 2.24) is 0 Å². The van der Waals surface area contributed by atoms with Gasteiger partial charge in [-0.2, -0.15) is 0 Å². The predicted molar refractivity (Wildman–Crippen MR) is 100 cm³/mol. The van der Waals surface area contributed by atoms with E-state index in [4.69, 9.17) is 0 Å². The Balaban J connectivity index is 2.36. The van der Waals surface area contributed by atoms with E-state index in [0.29, 0.717) is 12.8 Å². The number of carbonyl (C=O) groups excluding carboxylic acids is 2. The monoisotopic (exact) mass is 350 g/mol. The lowest BCUT2D eigenvalue weighted by molar-refractivity contribution is -0.140. The molecule has 0 aromatic carbocycles. The van der Waals surface area contributed by atoms with Crippen LogP contribution in [0.2, 0.25) is 0 Å². The Morgan fingerprint density at radius 1 is 1.16 bits per heavy atom. The van der Waals surface area contributed by atoms with Crippen molar-refractivity contribution in [2.24, 2.45) is 0 Å². The number of ether oxygens (including phenoxy) is 1. The highest BCUT2D eigenvalue weighted by molar-refractivity contribution is 5.99. The predicted octanol–water partition coefficient (Wildman–Crippen LogP) is 4.66. The summed E-state index contributed by atoms with van der Waals surface area (Å²) in [6.07, 6.45) is 14.0. The Morgan fingerprint density at radius 2 is 1.92 bits per heavy atom. The molecule has 0 aromatic rings. The SMILES string of the molecule is CCCCC[C@H](O)/C=C/C1=C(CCCCCCC(=O)OC)C(=O)CC1. The van der Waals surface area contributed by atoms with Gasteiger partial charge in [-0.25, -0.2) is 0 Å². The number of carbonyl (C=O) groups is 2. The van der Waals surface area contributed by atoms with E-state index in [0.717, 1.165) is 75.4 Å². The van der Waals surface area contributed by atoms with Gasteiger partial charge in [0.1, 0.15) is 0 Å². The van der Waals surface area contributed by atoms with Crippen LogP contribution in [0.5, 0.6) is 0 Å². The molecule has 4 nitrogen and oxygen atoms in total. The summed E-state index contributed by atoms with van der Waals surface area (Å²) < 4.78 is 4.62. The number of allylic oxidation sites excluding steroid dienone is 3. The maximum absolute atomic E-state index is 12.1. The molecule has 0 amide bonds. The van der Waals surface area contributed by atoms with Crippen LogP contribution >= 0.6 is 0 Å². The molecular formula is C21H34O4. The number of unbranched alkanes of at least 4 members (excludes halogenated alkanes) is 5. The van der Waals surface area contributed by atoms with Crippen LogP contribution in [0.25, 0.3) is 0 Å². The third-order valence-corrected chi connectivity index (χ3v) is 4.75. The lowest BCUT2D eigenvalue weighted by Crippen LogP contribution is -2.02. The summed E-state index contributed by atoms with van der Waals surface area (Å²) in [5.74, 6) is 0.105. The number of ketones is 1. The topological polar surface area (TPSA) is 63.6 Å². The first kappa shape index (κ1) is 21.6. The molecule has 0 unspecified atom stereocenters. The number of hydrogen-bond acceptors (Lipinski definition) is 4. The van der Waals surface area contributed by atoms with Gasteiger partial charge in [0.2, 0.25) is 0 Å². The molecule has 0 aliphatic heterocycles. The third-order valence-electron chi connectivity index (χ3n) is 4.75. The molecule has 1 aliphatic rings. The largest absolute Gasteiger partial charge is 0.469 e. The maximum Gasteiger partial charge on any atom is 0.305 e. The Morgan fingerprint density at radius 3 is 2.64 bits per heavy atom. The normalized spacial score (nSPS) is 16.0. The van der Waals surface area contributed by atoms with Gasteiger partial charge in [-0.15, -0.1) is 0 Å². The Kier molecular flexibility index (Phi) is 11.1. The van der Waals surface area contributed by atoms with Crippen molar-refractivity contribution in [2.45, 2.75) is 90.1 Å². The highest BCUT2D eigenvalue weighted by Gasteiger charge is 2.20. The molecule has 1 aliphatic carbocycles. The molecular weight excluding hydrogens is 316 g/mol. The molecule has 1 rings (SSSR count). The van der Waals surface area contributed by atoms with E-state index in [2.05, 4.69) is 11.7 Å². The van der Waals surface area contributed by atoms with Gasteiger partial charge in [0.05, 0.1) is 13.2 Å². The van der Waals surface area contributed by atoms with Crippen molar-refractivity contribution in [1.29, 1.82) is 0 Å². The summed E-state index contributed by atoms with van der Waals surface area (Å²) in [7, 11) is 1.41. The van der Waals surface area contributed by atoms with Crippen LogP contribution in [0.1, 0.15) is 84.0 Å². The zero-order valence-electron chi connectivity index (χ0n) is 15.9. The summed E-state index contributed by atoms with van der Waals surface area (Å²) in [6.45, 7) is 2.15. The van der Waals surface area contributed by atoms with E-state index in [1.54, 1.807) is 0 Å². The van der Waals surface area contributed by atoms with Crippen molar-refractivity contribution in [3.05, 3.63) is 23.3 Å². The number of hydrogen-bond donors (Lipinski definition) is 1. The second-order valence-corrected chi connectivity index (χ2v) is 6.84. The molecule has 1 atom stereocenters. The van der Waals surface area contributed by atoms with Crippen LogP contribution < -0.4 is 0 Å². The lowest BCUT2D eigenvalue weighted by atomic mass is 10.0. The number of aliphatic hydroxyl groups is 1. The van der Waals surface area contributed by atoms with E-state index in [-0.39, 0.29) is 11.8 Å². The second-order valence-electron chi connectivity index (χ2n) is 6.84. The summed E-state index contributed by atoms with van der Waals surface area (Å²) in [5.41, 5.74) is 2.05. The van der Waals surface area contributed by atoms with Gasteiger partial charge in [-0.3, -0.25) is 9.59 Å². The van der Waals surface area contributed by atoms with E-state index < -0.39 is 6.10 Å². The zero-order valence-corrected chi connectivity index (χ0v) is 15.9. The van der Waals surface area contributed by atoms with Crippen molar-refractivity contribution < 1.29 is 19.4 Å². The van der Waals surface area contributed by atoms with Crippen molar-refractivity contribution in [3.63, 3.8) is 0 Å². The summed E-state index contributed by atoms with van der Waals surface area (Å²) >= 11 is 0. The number of esters is 1. The Labute approximate surface area is 152 Å². The van der Waals surface area contributed by atoms with Gasteiger partial charge >= 0.3 is 5.97 Å². The van der Waals surface area contributed by atoms with Gasteiger partial charge < -0.3 is 9.84 Å². The maximum atomic E-state index is 12.1. The average Bonchev–Trinajstić information content (AvgIpc) is 2.96. The fourth-order valence-electron chi connectivity index (χ4n) is 3.17. The van der Waals surface area contributed by atoms with Crippen LogP contribution in [0.4, 0.5) is 0 Å². The van der Waals surface area contributed by atoms with E-state index >= 15 is 0 Å². The highest BCUT2D eigenvalue weighted by Crippen LogP contribution is 2.28. The quantitative estimate of drug-likeness (QED) is 0.388. The van der Waals surface area contributed by atoms with Crippen molar-refractivity contribution in [2.75, 3.05) is 7.11 Å². The van der Waals surface area contributed by atoms with Crippen LogP contribution in [0.15, 0.2) is 23.3 Å². The van der Waals surface area contributed by atoms with Crippen molar-refractivity contribution in [3.8, 4) is 0 Å². The molecule has 0 saturated heterocycles. The molecule has 0 spiro atoms. The zero-order chi connectivity index (χ0) is 18.5. The summed E-state index contributed by atoms with van der Waals surface area (Å²) in [4.78, 5) is 23.1. The van der Waals surface area contributed by atoms with Gasteiger partial charge in [0, 0.05) is 12.8 Å². The molecule has 0 heterocycles. The fourth-order valence-corrected chi connectivity index (χ4v) is 3.17. The molecule has 0 saturated carbocycles. The fraction of sp³-hybridized carbons (Fsp3) is 0.714. The van der Waals surface area contributed by atoms with Gasteiger partial charge in [0.25, 0.3) is 0 Å². The molecule has 25 heavy (non-hydrogen) atoms. The smallest absolute Gasteiger partial charge is 0.305 e. The molecule has 1 N–H and O–H groups in total. The minimum Gasteiger partial charge on any atom is -0.469 e. The van der Waals surface area contributed by atoms with Gasteiger partial charge in [-0.1, -0.05) is 51.2 Å². The van der Waals surface area contributed by atoms with Crippen LogP contribution in [-0.2, 0) is 14.3 Å². The van der Waals surface area contributed by atoms with Crippen LogP contribution in [0, 0.1) is 0 Å². The number of aliphatic hydroxyl groups excluding tert-OH is 1. The molecule has 0 bridgehead atoms. The molecule has 142 valence electrons. The first-order chi connectivity index (χ1) is 12.1. The first-order valence-corrected chi connectivity index (χ1v) is 9.76. The van der Waals surface area contributed by atoms with Crippen LogP contribution in [-0.4, -0.2) is 30.1 Å². The molecule has 4 heteroatoms. The highest BCUT2D eigenvalue weighted by atomic mass is 16.5. The second kappa shape index (κ2) is 12.9. The Bertz CT molecular complexity index is 476. The minimum absolute atomic E-state index is 0.154. The summed E-state index contributed by atoms with van der Waals surface area (Å²) in [6, 6.07) is 0. The average molecular weight is 350 g/mol. The molecule has 0 fully saturated rings. The van der Waals surface area contributed by atoms with Crippen LogP contribution in [0.3, 0.4) is 0 Å². The lowest BCUT2D eigenvalue weighted by Gasteiger charge is -2.06. The first-order valence-electron chi connectivity index (χ1n) is 9.76. The Hall–Kier alpha value is -1.42. The molecule has 0 aromatic heterocycles.